The molecule has 1 aliphatic carbocycles. The number of imidazole rings is 1. The summed E-state index contributed by atoms with van der Waals surface area (Å²) < 4.78 is 0. The Morgan fingerprint density at radius 2 is 1.85 bits per heavy atom. The van der Waals surface area contributed by atoms with Crippen LogP contribution in [0.1, 0.15) is 38.8 Å². The molecule has 1 fully saturated rings. The number of rotatable bonds is 1. The minimum Gasteiger partial charge on any atom is -0.348 e. The molecule has 0 bridgehead atoms. The average Bonchev–Trinajstić information content (AvgIpc) is 3.08. The number of amides is 1. The summed E-state index contributed by atoms with van der Waals surface area (Å²) in [7, 11) is 0. The number of nitrogens with one attached hydrogen (secondary N) is 1. The molecule has 2 aromatic rings. The molecule has 1 atom stereocenters. The van der Waals surface area contributed by atoms with Crippen molar-refractivity contribution in [1.29, 1.82) is 0 Å². The van der Waals surface area contributed by atoms with Crippen LogP contribution >= 0.6 is 0 Å². The number of piperidine rings is 1. The molecule has 2 aliphatic rings. The van der Waals surface area contributed by atoms with Crippen LogP contribution in [0.25, 0.3) is 11.3 Å². The summed E-state index contributed by atoms with van der Waals surface area (Å²) in [6.45, 7) is 6.64. The van der Waals surface area contributed by atoms with Gasteiger partial charge in [-0.15, -0.1) is 0 Å². The van der Waals surface area contributed by atoms with Crippen molar-refractivity contribution in [2.45, 2.75) is 46.1 Å². The number of likely N-dealkylation sites (tertiary alicyclic amines) is 1. The smallest absolute Gasteiger partial charge is 0.219 e. The lowest BCUT2D eigenvalue weighted by molar-refractivity contribution is -0.130. The zero-order valence-electron chi connectivity index (χ0n) is 15.8. The van der Waals surface area contributed by atoms with E-state index in [0.29, 0.717) is 6.04 Å². The Balaban J connectivity index is 0.000000152. The monoisotopic (exact) mass is 349 g/mol. The Morgan fingerprint density at radius 1 is 1.15 bits per heavy atom. The zero-order chi connectivity index (χ0) is 18.5. The fourth-order valence-corrected chi connectivity index (χ4v) is 3.59. The summed E-state index contributed by atoms with van der Waals surface area (Å²) in [4.78, 5) is 20.6. The van der Waals surface area contributed by atoms with Gasteiger partial charge in [0, 0.05) is 30.8 Å². The van der Waals surface area contributed by atoms with E-state index in [9.17, 15) is 4.79 Å². The van der Waals surface area contributed by atoms with Gasteiger partial charge in [0.25, 0.3) is 0 Å². The lowest BCUT2D eigenvalue weighted by Crippen LogP contribution is -2.42. The first-order chi connectivity index (χ1) is 12.6. The topological polar surface area (TPSA) is 49.0 Å². The minimum atomic E-state index is 0.197. The fourth-order valence-electron chi connectivity index (χ4n) is 3.59. The minimum absolute atomic E-state index is 0.197. The van der Waals surface area contributed by atoms with Gasteiger partial charge >= 0.3 is 0 Å². The second-order valence-corrected chi connectivity index (χ2v) is 6.98. The number of carbonyl (C=O) groups excluding carboxylic acids is 1. The van der Waals surface area contributed by atoms with Crippen LogP contribution in [0.3, 0.4) is 0 Å². The van der Waals surface area contributed by atoms with Gasteiger partial charge in [-0.2, -0.15) is 0 Å². The number of benzene rings is 1. The summed E-state index contributed by atoms with van der Waals surface area (Å²) in [5.74, 6) is 0.197. The Hall–Kier alpha value is -2.62. The van der Waals surface area contributed by atoms with Crippen molar-refractivity contribution in [2.75, 3.05) is 6.54 Å². The number of aryl methyl sites for hydroxylation is 1. The number of aromatic nitrogens is 2. The second-order valence-electron chi connectivity index (χ2n) is 6.98. The molecular formula is C22H27N3O. The van der Waals surface area contributed by atoms with Crippen LogP contribution in [0.2, 0.25) is 0 Å². The van der Waals surface area contributed by atoms with Gasteiger partial charge in [-0.3, -0.25) is 4.79 Å². The molecule has 26 heavy (non-hydrogen) atoms. The third-order valence-corrected chi connectivity index (χ3v) is 5.03. The van der Waals surface area contributed by atoms with Crippen molar-refractivity contribution in [2.24, 2.45) is 0 Å². The number of allylic oxidation sites excluding steroid dienone is 2. The summed E-state index contributed by atoms with van der Waals surface area (Å²) in [5.41, 5.74) is 6.17. The maximum absolute atomic E-state index is 11.4. The van der Waals surface area contributed by atoms with Crippen LogP contribution < -0.4 is 0 Å². The van der Waals surface area contributed by atoms with Gasteiger partial charge < -0.3 is 9.88 Å². The molecule has 1 amide bonds. The molecule has 0 saturated carbocycles. The highest BCUT2D eigenvalue weighted by atomic mass is 16.2. The number of hydrogen-bond acceptors (Lipinski definition) is 2. The lowest BCUT2D eigenvalue weighted by atomic mass is 9.88. The maximum atomic E-state index is 11.4. The molecule has 0 spiro atoms. The number of aromatic amines is 1. The maximum Gasteiger partial charge on any atom is 0.219 e. The highest BCUT2D eigenvalue weighted by Crippen LogP contribution is 2.30. The molecule has 1 aliphatic heterocycles. The molecule has 1 aromatic heterocycles. The molecule has 4 nitrogen and oxygen atoms in total. The quantitative estimate of drug-likeness (QED) is 0.814. The number of H-pyrrole nitrogens is 1. The van der Waals surface area contributed by atoms with E-state index < -0.39 is 0 Å². The molecule has 1 unspecified atom stereocenters. The van der Waals surface area contributed by atoms with Crippen molar-refractivity contribution >= 4 is 5.91 Å². The predicted molar refractivity (Wildman–Crippen MR) is 106 cm³/mol. The van der Waals surface area contributed by atoms with E-state index >= 15 is 0 Å². The van der Waals surface area contributed by atoms with Crippen LogP contribution in [0.4, 0.5) is 0 Å². The predicted octanol–water partition coefficient (Wildman–Crippen LogP) is 4.66. The van der Waals surface area contributed by atoms with Crippen molar-refractivity contribution in [3.05, 3.63) is 65.7 Å². The largest absolute Gasteiger partial charge is 0.348 e. The summed E-state index contributed by atoms with van der Waals surface area (Å²) >= 11 is 0. The van der Waals surface area contributed by atoms with Crippen molar-refractivity contribution < 1.29 is 4.79 Å². The van der Waals surface area contributed by atoms with E-state index in [0.717, 1.165) is 36.3 Å². The van der Waals surface area contributed by atoms with Crippen molar-refractivity contribution in [3.63, 3.8) is 0 Å². The molecular weight excluding hydrogens is 322 g/mol. The highest BCUT2D eigenvalue weighted by Gasteiger charge is 2.26. The summed E-state index contributed by atoms with van der Waals surface area (Å²) in [6.07, 6.45) is 9.69. The van der Waals surface area contributed by atoms with E-state index in [1.165, 1.54) is 17.6 Å². The summed E-state index contributed by atoms with van der Waals surface area (Å²) in [5, 5.41) is 0. The van der Waals surface area contributed by atoms with Gasteiger partial charge in [0.05, 0.1) is 12.0 Å². The SMILES string of the molecule is CC(=O)N1CC2=CCCC=C2CC1C.Cc1[nH]cnc1-c1ccccc1. The molecule has 2 heterocycles. The second kappa shape index (κ2) is 8.17. The third-order valence-electron chi connectivity index (χ3n) is 5.03. The Labute approximate surface area is 155 Å². The van der Waals surface area contributed by atoms with Crippen molar-refractivity contribution in [3.8, 4) is 11.3 Å². The molecule has 1 N–H and O–H groups in total. The van der Waals surface area contributed by atoms with Crippen LogP contribution in [-0.4, -0.2) is 33.4 Å². The molecule has 1 aromatic carbocycles. The number of carbonyl (C=O) groups is 1. The van der Waals surface area contributed by atoms with E-state index in [-0.39, 0.29) is 5.91 Å². The van der Waals surface area contributed by atoms with Crippen LogP contribution in [0.15, 0.2) is 60.0 Å². The standard InChI is InChI=1S/C12H17NO.C10H10N2/c1-9-7-11-5-3-4-6-12(11)8-13(9)10(2)14;1-8-10(12-7-11-8)9-5-3-2-4-6-9/h5-6,9H,3-4,7-8H2,1-2H3;2-7H,1H3,(H,11,12). The van der Waals surface area contributed by atoms with E-state index in [1.54, 1.807) is 13.3 Å². The van der Waals surface area contributed by atoms with Gasteiger partial charge in [0.2, 0.25) is 5.91 Å². The van der Waals surface area contributed by atoms with Gasteiger partial charge in [0.15, 0.2) is 0 Å². The Bertz CT molecular complexity index is 817. The molecule has 0 radical (unpaired) electrons. The lowest BCUT2D eigenvalue weighted by Gasteiger charge is -2.37. The number of nitrogens with zero attached hydrogens (tertiary/aromatic N) is 2. The molecule has 1 saturated heterocycles. The van der Waals surface area contributed by atoms with Crippen LogP contribution in [-0.2, 0) is 4.79 Å². The Morgan fingerprint density at radius 3 is 2.46 bits per heavy atom. The number of fused-ring (bicyclic) bond motifs is 1. The first kappa shape index (κ1) is 18.2. The van der Waals surface area contributed by atoms with Crippen LogP contribution in [0.5, 0.6) is 0 Å². The first-order valence-electron chi connectivity index (χ1n) is 9.27. The highest BCUT2D eigenvalue weighted by molar-refractivity contribution is 5.74. The fraction of sp³-hybridized carbons (Fsp3) is 0.364. The van der Waals surface area contributed by atoms with Gasteiger partial charge in [-0.1, -0.05) is 42.5 Å². The first-order valence-corrected chi connectivity index (χ1v) is 9.27. The van der Waals surface area contributed by atoms with Gasteiger partial charge in [-0.05, 0) is 44.3 Å². The van der Waals surface area contributed by atoms with Crippen molar-refractivity contribution in [1.82, 2.24) is 14.9 Å². The van der Waals surface area contributed by atoms with Gasteiger partial charge in [-0.25, -0.2) is 4.98 Å². The zero-order valence-corrected chi connectivity index (χ0v) is 15.8. The summed E-state index contributed by atoms with van der Waals surface area (Å²) in [6, 6.07) is 10.5. The van der Waals surface area contributed by atoms with Gasteiger partial charge in [0.1, 0.15) is 0 Å². The number of hydrogen-bond donors (Lipinski definition) is 1. The normalized spacial score (nSPS) is 18.9. The van der Waals surface area contributed by atoms with E-state index in [2.05, 4.69) is 41.2 Å². The van der Waals surface area contributed by atoms with Crippen LogP contribution in [0, 0.1) is 6.92 Å². The third kappa shape index (κ3) is 4.13. The molecule has 4 rings (SSSR count). The molecule has 136 valence electrons. The Kier molecular flexibility index (Phi) is 5.71. The molecule has 4 heteroatoms. The van der Waals surface area contributed by atoms with E-state index in [4.69, 9.17) is 0 Å². The average molecular weight is 349 g/mol. The van der Waals surface area contributed by atoms with E-state index in [1.807, 2.05) is 30.0 Å².